The van der Waals surface area contributed by atoms with E-state index in [4.69, 9.17) is 38.7 Å². The zero-order valence-corrected chi connectivity index (χ0v) is 9.66. The summed E-state index contributed by atoms with van der Waals surface area (Å²) >= 11 is 5.47. The van der Waals surface area contributed by atoms with Gasteiger partial charge in [-0.3, -0.25) is 4.79 Å². The van der Waals surface area contributed by atoms with E-state index in [1.807, 2.05) is 0 Å². The number of nitrogen functional groups attached to an aromatic ring is 2. The molecule has 0 saturated heterocycles. The van der Waals surface area contributed by atoms with Crippen molar-refractivity contribution >= 4 is 35.1 Å². The zero-order valence-electron chi connectivity index (χ0n) is 8.90. The number of halogens is 4. The van der Waals surface area contributed by atoms with E-state index in [1.165, 1.54) is 0 Å². The molecule has 0 unspecified atom stereocenters. The molecule has 19 heavy (non-hydrogen) atoms. The highest BCUT2D eigenvalue weighted by Gasteiger charge is 2.38. The Labute approximate surface area is 108 Å². The van der Waals surface area contributed by atoms with Crippen LogP contribution in [0.2, 0.25) is 5.15 Å². The Balaban J connectivity index is 0.000000399. The van der Waals surface area contributed by atoms with Crippen molar-refractivity contribution in [2.24, 2.45) is 5.73 Å². The molecule has 0 bridgehead atoms. The van der Waals surface area contributed by atoms with Gasteiger partial charge in [-0.1, -0.05) is 11.6 Å². The molecule has 0 atom stereocenters. The third-order valence-corrected chi connectivity index (χ3v) is 1.66. The number of alkyl halides is 3. The van der Waals surface area contributed by atoms with E-state index in [9.17, 15) is 18.0 Å². The Kier molecular flexibility index (Phi) is 5.31. The largest absolute Gasteiger partial charge is 0.490 e. The molecule has 0 fully saturated rings. The van der Waals surface area contributed by atoms with E-state index in [1.54, 1.807) is 0 Å². The molecule has 106 valence electrons. The highest BCUT2D eigenvalue weighted by Crippen LogP contribution is 2.16. The van der Waals surface area contributed by atoms with Crippen LogP contribution in [0, 0.1) is 0 Å². The van der Waals surface area contributed by atoms with Crippen LogP contribution >= 0.6 is 11.6 Å². The fraction of sp³-hybridized carbons (Fsp3) is 0.143. The highest BCUT2D eigenvalue weighted by molar-refractivity contribution is 6.31. The number of carboxylic acid groups (broad SMARTS) is 1. The number of carboxylic acids is 1. The van der Waals surface area contributed by atoms with E-state index < -0.39 is 18.1 Å². The lowest BCUT2D eigenvalue weighted by molar-refractivity contribution is -0.192. The minimum atomic E-state index is -5.08. The second-order valence-corrected chi connectivity index (χ2v) is 3.16. The second-order valence-electron chi connectivity index (χ2n) is 2.80. The molecule has 1 heterocycles. The standard InChI is InChI=1S/C5H6ClN5O.C2HF3O2/c6-2-4(8)11-3(7)1(10-2)5(9)12;3-2(4,5)1(6)7/h(H2,9,12)(H4,7,8,11);(H,6,7). The van der Waals surface area contributed by atoms with Gasteiger partial charge in [0.1, 0.15) is 0 Å². The summed E-state index contributed by atoms with van der Waals surface area (Å²) in [5.74, 6) is -3.70. The number of amides is 1. The predicted molar refractivity (Wildman–Crippen MR) is 58.1 cm³/mol. The van der Waals surface area contributed by atoms with Crippen LogP contribution < -0.4 is 17.2 Å². The lowest BCUT2D eigenvalue weighted by Gasteiger charge is -2.01. The minimum absolute atomic E-state index is 0.0285. The summed E-state index contributed by atoms with van der Waals surface area (Å²) in [6.07, 6.45) is -5.08. The van der Waals surface area contributed by atoms with E-state index in [2.05, 4.69) is 9.97 Å². The summed E-state index contributed by atoms with van der Waals surface area (Å²) in [7, 11) is 0. The number of aliphatic carboxylic acids is 1. The van der Waals surface area contributed by atoms with Crippen molar-refractivity contribution in [2.75, 3.05) is 11.5 Å². The smallest absolute Gasteiger partial charge is 0.475 e. The molecule has 1 aromatic heterocycles. The van der Waals surface area contributed by atoms with Crippen molar-refractivity contribution in [2.45, 2.75) is 6.18 Å². The molecule has 8 nitrogen and oxygen atoms in total. The SMILES string of the molecule is NC(=O)c1nc(Cl)c(N)nc1N.O=C(O)C(F)(F)F. The highest BCUT2D eigenvalue weighted by atomic mass is 35.5. The third kappa shape index (κ3) is 5.25. The first-order valence-corrected chi connectivity index (χ1v) is 4.53. The third-order valence-electron chi connectivity index (χ3n) is 1.38. The number of nitrogens with two attached hydrogens (primary N) is 3. The minimum Gasteiger partial charge on any atom is -0.475 e. The number of primary amides is 1. The van der Waals surface area contributed by atoms with Gasteiger partial charge in [0, 0.05) is 0 Å². The molecule has 1 rings (SSSR count). The average Bonchev–Trinajstić information content (AvgIpc) is 2.22. The number of aromatic nitrogens is 2. The van der Waals surface area contributed by atoms with Crippen LogP contribution in [-0.2, 0) is 4.79 Å². The number of anilines is 2. The lowest BCUT2D eigenvalue weighted by atomic mass is 10.4. The van der Waals surface area contributed by atoms with Crippen molar-refractivity contribution < 1.29 is 27.9 Å². The number of nitrogens with zero attached hydrogens (tertiary/aromatic N) is 2. The van der Waals surface area contributed by atoms with Gasteiger partial charge in [-0.05, 0) is 0 Å². The molecular formula is C7H7ClF3N5O3. The summed E-state index contributed by atoms with van der Waals surface area (Å²) in [6.45, 7) is 0. The van der Waals surface area contributed by atoms with Crippen LogP contribution in [0.3, 0.4) is 0 Å². The summed E-state index contributed by atoms with van der Waals surface area (Å²) in [5, 5.41) is 7.04. The van der Waals surface area contributed by atoms with E-state index >= 15 is 0 Å². The van der Waals surface area contributed by atoms with Gasteiger partial charge in [0.15, 0.2) is 22.5 Å². The maximum Gasteiger partial charge on any atom is 0.490 e. The predicted octanol–water partition coefficient (Wildman–Crippen LogP) is 0.0266. The normalized spacial score (nSPS) is 10.3. The molecule has 0 aliphatic rings. The zero-order chi connectivity index (χ0) is 15.4. The van der Waals surface area contributed by atoms with Gasteiger partial charge < -0.3 is 22.3 Å². The molecule has 7 N–H and O–H groups in total. The van der Waals surface area contributed by atoms with Gasteiger partial charge in [-0.25, -0.2) is 14.8 Å². The van der Waals surface area contributed by atoms with Crippen LogP contribution in [0.4, 0.5) is 24.8 Å². The first-order chi connectivity index (χ1) is 8.46. The summed E-state index contributed by atoms with van der Waals surface area (Å²) in [4.78, 5) is 26.6. The van der Waals surface area contributed by atoms with Crippen LogP contribution in [0.1, 0.15) is 10.5 Å². The molecule has 0 aliphatic carbocycles. The maximum atomic E-state index is 10.6. The van der Waals surface area contributed by atoms with Gasteiger partial charge >= 0.3 is 12.1 Å². The fourth-order valence-electron chi connectivity index (χ4n) is 0.623. The van der Waals surface area contributed by atoms with Gasteiger partial charge in [0.05, 0.1) is 0 Å². The van der Waals surface area contributed by atoms with Gasteiger partial charge in [-0.15, -0.1) is 0 Å². The molecule has 0 aromatic carbocycles. The lowest BCUT2D eigenvalue weighted by Crippen LogP contribution is -2.21. The molecule has 0 aliphatic heterocycles. The number of carbonyl (C=O) groups excluding carboxylic acids is 1. The summed E-state index contributed by atoms with van der Waals surface area (Å²) in [6, 6.07) is 0. The summed E-state index contributed by atoms with van der Waals surface area (Å²) in [5.41, 5.74) is 15.3. The quantitative estimate of drug-likeness (QED) is 0.569. The Morgan fingerprint density at radius 2 is 1.58 bits per heavy atom. The second kappa shape index (κ2) is 6.04. The Morgan fingerprint density at radius 1 is 1.16 bits per heavy atom. The van der Waals surface area contributed by atoms with E-state index in [0.717, 1.165) is 0 Å². The van der Waals surface area contributed by atoms with Crippen molar-refractivity contribution in [3.05, 3.63) is 10.8 Å². The van der Waals surface area contributed by atoms with Crippen molar-refractivity contribution in [3.63, 3.8) is 0 Å². The molecule has 0 spiro atoms. The number of carbonyl (C=O) groups is 2. The topological polar surface area (TPSA) is 158 Å². The number of hydrogen-bond acceptors (Lipinski definition) is 6. The fourth-order valence-corrected chi connectivity index (χ4v) is 0.750. The Hall–Kier alpha value is -2.30. The molecule has 1 aromatic rings. The van der Waals surface area contributed by atoms with Gasteiger partial charge in [0.2, 0.25) is 0 Å². The summed E-state index contributed by atoms with van der Waals surface area (Å²) < 4.78 is 31.7. The first-order valence-electron chi connectivity index (χ1n) is 4.15. The van der Waals surface area contributed by atoms with Crippen LogP contribution in [-0.4, -0.2) is 33.1 Å². The van der Waals surface area contributed by atoms with E-state index in [-0.39, 0.29) is 22.5 Å². The first kappa shape index (κ1) is 16.7. The van der Waals surface area contributed by atoms with Gasteiger partial charge in [-0.2, -0.15) is 13.2 Å². The average molecular weight is 302 g/mol. The molecule has 0 saturated carbocycles. The van der Waals surface area contributed by atoms with Crippen molar-refractivity contribution in [1.29, 1.82) is 0 Å². The van der Waals surface area contributed by atoms with Crippen molar-refractivity contribution in [3.8, 4) is 0 Å². The number of hydrogen-bond donors (Lipinski definition) is 4. The maximum absolute atomic E-state index is 10.6. The Morgan fingerprint density at radius 3 is 1.89 bits per heavy atom. The van der Waals surface area contributed by atoms with Gasteiger partial charge in [0.25, 0.3) is 5.91 Å². The molecule has 0 radical (unpaired) electrons. The van der Waals surface area contributed by atoms with Crippen LogP contribution in [0.5, 0.6) is 0 Å². The van der Waals surface area contributed by atoms with Crippen LogP contribution in [0.25, 0.3) is 0 Å². The molecule has 12 heteroatoms. The Bertz CT molecular complexity index is 507. The van der Waals surface area contributed by atoms with Crippen molar-refractivity contribution in [1.82, 2.24) is 9.97 Å². The monoisotopic (exact) mass is 301 g/mol. The molecular weight excluding hydrogens is 295 g/mol. The van der Waals surface area contributed by atoms with Crippen LogP contribution in [0.15, 0.2) is 0 Å². The number of rotatable bonds is 1. The molecule has 1 amide bonds. The van der Waals surface area contributed by atoms with E-state index in [0.29, 0.717) is 0 Å².